The monoisotopic (exact) mass is 336 g/mol. The predicted molar refractivity (Wildman–Crippen MR) is 90.7 cm³/mol. The van der Waals surface area contributed by atoms with Gasteiger partial charge < -0.3 is 20.4 Å². The van der Waals surface area contributed by atoms with E-state index in [1.807, 2.05) is 27.7 Å². The van der Waals surface area contributed by atoms with Crippen molar-refractivity contribution in [1.82, 2.24) is 20.6 Å². The Balaban J connectivity index is 1.63. The van der Waals surface area contributed by atoms with Gasteiger partial charge in [-0.25, -0.2) is 9.78 Å². The highest BCUT2D eigenvalue weighted by Gasteiger charge is 2.26. The van der Waals surface area contributed by atoms with Gasteiger partial charge in [0.15, 0.2) is 0 Å². The summed E-state index contributed by atoms with van der Waals surface area (Å²) in [7, 11) is 0. The van der Waals surface area contributed by atoms with Crippen LogP contribution in [0.1, 0.15) is 50.8 Å². The summed E-state index contributed by atoms with van der Waals surface area (Å²) in [5, 5.41) is 5.63. The van der Waals surface area contributed by atoms with Crippen LogP contribution in [0.2, 0.25) is 0 Å². The summed E-state index contributed by atoms with van der Waals surface area (Å²) in [6.45, 7) is 8.42. The Morgan fingerprint density at radius 2 is 2.00 bits per heavy atom. The lowest BCUT2D eigenvalue weighted by Crippen LogP contribution is -2.37. The lowest BCUT2D eigenvalue weighted by Gasteiger charge is -2.21. The molecule has 1 aromatic rings. The molecule has 134 valence electrons. The molecule has 1 aliphatic carbocycles. The summed E-state index contributed by atoms with van der Waals surface area (Å²) >= 11 is 0. The molecule has 3 N–H and O–H groups in total. The number of aryl methyl sites for hydroxylation is 2. The average Bonchev–Trinajstić information content (AvgIpc) is 2.83. The molecule has 24 heavy (non-hydrogen) atoms. The smallest absolute Gasteiger partial charge is 0.407 e. The number of nitrogens with zero attached hydrogens (tertiary/aromatic N) is 1. The van der Waals surface area contributed by atoms with Crippen molar-refractivity contribution in [1.29, 1.82) is 0 Å². The van der Waals surface area contributed by atoms with Crippen LogP contribution in [0.4, 0.5) is 4.79 Å². The molecule has 0 aromatic carbocycles. The lowest BCUT2D eigenvalue weighted by molar-refractivity contribution is -0.125. The van der Waals surface area contributed by atoms with Crippen LogP contribution in [0.25, 0.3) is 0 Å². The third kappa shape index (κ3) is 5.54. The first-order valence-electron chi connectivity index (χ1n) is 8.53. The zero-order chi connectivity index (χ0) is 17.7. The van der Waals surface area contributed by atoms with Crippen molar-refractivity contribution in [3.63, 3.8) is 0 Å². The average molecular weight is 336 g/mol. The Bertz CT molecular complexity index is 589. The number of alkyl carbamates (subject to hydrolysis) is 1. The molecule has 2 amide bonds. The molecule has 0 spiro atoms. The van der Waals surface area contributed by atoms with Crippen molar-refractivity contribution in [3.05, 3.63) is 17.2 Å². The van der Waals surface area contributed by atoms with Gasteiger partial charge in [0.1, 0.15) is 11.4 Å². The molecule has 0 fully saturated rings. The molecule has 1 atom stereocenters. The molecule has 1 aliphatic rings. The van der Waals surface area contributed by atoms with Gasteiger partial charge in [-0.2, -0.15) is 0 Å². The third-order valence-corrected chi connectivity index (χ3v) is 3.85. The van der Waals surface area contributed by atoms with E-state index in [1.165, 1.54) is 0 Å². The fourth-order valence-corrected chi connectivity index (χ4v) is 2.80. The number of amides is 2. The Kier molecular flexibility index (Phi) is 5.85. The second kappa shape index (κ2) is 7.68. The quantitative estimate of drug-likeness (QED) is 0.715. The highest BCUT2D eigenvalue weighted by molar-refractivity contribution is 5.79. The maximum atomic E-state index is 12.2. The number of aromatic nitrogens is 2. The number of hydrogen-bond acceptors (Lipinski definition) is 4. The van der Waals surface area contributed by atoms with Crippen molar-refractivity contribution in [2.75, 3.05) is 13.1 Å². The molecule has 1 heterocycles. The maximum Gasteiger partial charge on any atom is 0.407 e. The van der Waals surface area contributed by atoms with Crippen LogP contribution in [0, 0.1) is 12.8 Å². The van der Waals surface area contributed by atoms with E-state index in [4.69, 9.17) is 4.74 Å². The maximum absolute atomic E-state index is 12.2. The molecule has 1 unspecified atom stereocenters. The van der Waals surface area contributed by atoms with Crippen molar-refractivity contribution in [2.45, 2.75) is 59.0 Å². The van der Waals surface area contributed by atoms with Crippen molar-refractivity contribution < 1.29 is 14.3 Å². The van der Waals surface area contributed by atoms with Gasteiger partial charge in [0, 0.05) is 31.1 Å². The summed E-state index contributed by atoms with van der Waals surface area (Å²) in [4.78, 5) is 31.4. The Labute approximate surface area is 142 Å². The van der Waals surface area contributed by atoms with Crippen molar-refractivity contribution in [2.24, 2.45) is 5.92 Å². The first-order chi connectivity index (χ1) is 11.2. The number of carbonyl (C=O) groups excluding carboxylic acids is 2. The number of aromatic amines is 1. The normalized spacial score (nSPS) is 17.1. The van der Waals surface area contributed by atoms with Gasteiger partial charge >= 0.3 is 6.09 Å². The van der Waals surface area contributed by atoms with Gasteiger partial charge in [-0.15, -0.1) is 0 Å². The van der Waals surface area contributed by atoms with E-state index in [9.17, 15) is 9.59 Å². The Hall–Kier alpha value is -2.05. The van der Waals surface area contributed by atoms with Gasteiger partial charge in [0.05, 0.1) is 5.69 Å². The number of rotatable bonds is 5. The van der Waals surface area contributed by atoms with E-state index in [0.717, 1.165) is 36.5 Å². The fraction of sp³-hybridized carbons (Fsp3) is 0.706. The Morgan fingerprint density at radius 1 is 1.29 bits per heavy atom. The van der Waals surface area contributed by atoms with E-state index in [2.05, 4.69) is 20.6 Å². The largest absolute Gasteiger partial charge is 0.444 e. The van der Waals surface area contributed by atoms with E-state index >= 15 is 0 Å². The van der Waals surface area contributed by atoms with Gasteiger partial charge in [0.25, 0.3) is 0 Å². The fourth-order valence-electron chi connectivity index (χ4n) is 2.80. The second-order valence-electron chi connectivity index (χ2n) is 7.26. The van der Waals surface area contributed by atoms with E-state index in [0.29, 0.717) is 19.5 Å². The summed E-state index contributed by atoms with van der Waals surface area (Å²) in [5.74, 6) is 0.982. The van der Waals surface area contributed by atoms with Crippen LogP contribution in [-0.2, 0) is 22.4 Å². The minimum atomic E-state index is -0.497. The molecule has 7 heteroatoms. The molecule has 0 radical (unpaired) electrons. The van der Waals surface area contributed by atoms with Gasteiger partial charge in [-0.05, 0) is 47.0 Å². The van der Waals surface area contributed by atoms with Crippen molar-refractivity contribution >= 4 is 12.0 Å². The van der Waals surface area contributed by atoms with Gasteiger partial charge in [0.2, 0.25) is 5.91 Å². The molecule has 0 aliphatic heterocycles. The number of hydrogen-bond donors (Lipinski definition) is 3. The minimum Gasteiger partial charge on any atom is -0.444 e. The SMILES string of the molecule is Cc1nc2c([nH]1)CC(C(=O)NCCCNC(=O)OC(C)(C)C)CC2. The summed E-state index contributed by atoms with van der Waals surface area (Å²) in [6.07, 6.45) is 2.64. The molecule has 0 saturated carbocycles. The van der Waals surface area contributed by atoms with Crippen LogP contribution >= 0.6 is 0 Å². The first-order valence-corrected chi connectivity index (χ1v) is 8.53. The highest BCUT2D eigenvalue weighted by atomic mass is 16.6. The van der Waals surface area contributed by atoms with Crippen LogP contribution in [0.3, 0.4) is 0 Å². The number of H-pyrrole nitrogens is 1. The molecule has 0 bridgehead atoms. The van der Waals surface area contributed by atoms with Crippen LogP contribution < -0.4 is 10.6 Å². The van der Waals surface area contributed by atoms with Crippen LogP contribution in [0.5, 0.6) is 0 Å². The molecular formula is C17H28N4O3. The summed E-state index contributed by atoms with van der Waals surface area (Å²) in [5.41, 5.74) is 1.69. The zero-order valence-corrected chi connectivity index (χ0v) is 15.0. The minimum absolute atomic E-state index is 0.00355. The van der Waals surface area contributed by atoms with Gasteiger partial charge in [-0.3, -0.25) is 4.79 Å². The number of nitrogens with one attached hydrogen (secondary N) is 3. The lowest BCUT2D eigenvalue weighted by atomic mass is 9.89. The van der Waals surface area contributed by atoms with E-state index < -0.39 is 11.7 Å². The highest BCUT2D eigenvalue weighted by Crippen LogP contribution is 2.23. The topological polar surface area (TPSA) is 96.1 Å². The van der Waals surface area contributed by atoms with E-state index in [-0.39, 0.29) is 11.8 Å². The molecule has 2 rings (SSSR count). The van der Waals surface area contributed by atoms with Crippen molar-refractivity contribution in [3.8, 4) is 0 Å². The van der Waals surface area contributed by atoms with Gasteiger partial charge in [-0.1, -0.05) is 0 Å². The standard InChI is InChI=1S/C17H28N4O3/c1-11-20-13-7-6-12(10-14(13)21-11)15(22)18-8-5-9-19-16(23)24-17(2,3)4/h12H,5-10H2,1-4H3,(H,18,22)(H,19,23)(H,20,21). The number of carbonyl (C=O) groups is 2. The molecule has 1 aromatic heterocycles. The third-order valence-electron chi connectivity index (χ3n) is 3.85. The Morgan fingerprint density at radius 3 is 2.71 bits per heavy atom. The number of ether oxygens (including phenoxy) is 1. The predicted octanol–water partition coefficient (Wildman–Crippen LogP) is 1.85. The number of fused-ring (bicyclic) bond motifs is 1. The summed E-state index contributed by atoms with van der Waals surface area (Å²) < 4.78 is 5.15. The van der Waals surface area contributed by atoms with Crippen LogP contribution in [-0.4, -0.2) is 40.7 Å². The van der Waals surface area contributed by atoms with Crippen LogP contribution in [0.15, 0.2) is 0 Å². The second-order valence-corrected chi connectivity index (χ2v) is 7.26. The summed E-state index contributed by atoms with van der Waals surface area (Å²) in [6, 6.07) is 0. The molecule has 0 saturated heterocycles. The molecular weight excluding hydrogens is 308 g/mol. The first kappa shape index (κ1) is 18.3. The van der Waals surface area contributed by atoms with E-state index in [1.54, 1.807) is 0 Å². The zero-order valence-electron chi connectivity index (χ0n) is 15.0. The number of imidazole rings is 1. The molecule has 7 nitrogen and oxygen atoms in total.